The van der Waals surface area contributed by atoms with Crippen molar-refractivity contribution in [3.63, 3.8) is 0 Å². The van der Waals surface area contributed by atoms with Crippen LogP contribution in [-0.4, -0.2) is 128 Å². The SMILES string of the molecule is Cc1ncsc1-c1ccc(CNC(=O)[C@@H]2C[C@@H](O)CN2C(=O)[C@@H](NC(=O)COCCOCCNC(=O)COCCNC(=O)OC(C)(C)C)C(C)(C)C)cc1. The summed E-state index contributed by atoms with van der Waals surface area (Å²) >= 11 is 1.56. The number of alkyl carbamates (subject to hydrolysis) is 1. The van der Waals surface area contributed by atoms with E-state index in [2.05, 4.69) is 26.3 Å². The number of thiazole rings is 1. The summed E-state index contributed by atoms with van der Waals surface area (Å²) in [6, 6.07) is 5.93. The molecule has 1 aromatic heterocycles. The molecule has 0 bridgehead atoms. The van der Waals surface area contributed by atoms with Crippen molar-refractivity contribution < 1.29 is 48.0 Å². The Balaban J connectivity index is 1.34. The fourth-order valence-corrected chi connectivity index (χ4v) is 6.20. The summed E-state index contributed by atoms with van der Waals surface area (Å²) in [4.78, 5) is 70.2. The molecule has 2 aromatic rings. The fraction of sp³-hybridized carbons (Fsp3) is 0.622. The molecule has 1 aliphatic rings. The molecule has 3 rings (SSSR count). The number of aromatic nitrogens is 1. The second-order valence-corrected chi connectivity index (χ2v) is 15.8. The van der Waals surface area contributed by atoms with Gasteiger partial charge in [0, 0.05) is 32.6 Å². The minimum atomic E-state index is -0.984. The zero-order valence-corrected chi connectivity index (χ0v) is 33.1. The lowest BCUT2D eigenvalue weighted by Gasteiger charge is -2.35. The van der Waals surface area contributed by atoms with E-state index in [0.717, 1.165) is 21.7 Å². The molecule has 54 heavy (non-hydrogen) atoms. The van der Waals surface area contributed by atoms with Gasteiger partial charge in [0.05, 0.1) is 48.6 Å². The molecule has 1 aromatic carbocycles. The Bertz CT molecular complexity index is 1540. The van der Waals surface area contributed by atoms with Crippen LogP contribution in [0.2, 0.25) is 0 Å². The van der Waals surface area contributed by atoms with Gasteiger partial charge in [0.25, 0.3) is 0 Å². The first kappa shape index (κ1) is 44.2. The molecule has 3 atom stereocenters. The Morgan fingerprint density at radius 3 is 2.17 bits per heavy atom. The van der Waals surface area contributed by atoms with E-state index in [1.54, 1.807) is 58.4 Å². The third-order valence-electron chi connectivity index (χ3n) is 8.03. The third kappa shape index (κ3) is 15.3. The van der Waals surface area contributed by atoms with Crippen LogP contribution in [0.3, 0.4) is 0 Å². The summed E-state index contributed by atoms with van der Waals surface area (Å²) in [7, 11) is 0. The quantitative estimate of drug-likeness (QED) is 0.130. The zero-order chi connectivity index (χ0) is 39.9. The average molecular weight is 777 g/mol. The van der Waals surface area contributed by atoms with Crippen LogP contribution in [-0.2, 0) is 44.7 Å². The molecule has 1 saturated heterocycles. The number of nitrogens with one attached hydrogen (secondary N) is 4. The smallest absolute Gasteiger partial charge is 0.407 e. The van der Waals surface area contributed by atoms with E-state index < -0.39 is 47.1 Å². The number of β-amino-alcohol motifs (C(OH)–C–C–N with tert-alkyl or cyclic N) is 1. The van der Waals surface area contributed by atoms with E-state index in [0.29, 0.717) is 0 Å². The first-order valence-corrected chi connectivity index (χ1v) is 18.8. The van der Waals surface area contributed by atoms with E-state index >= 15 is 0 Å². The number of hydrogen-bond donors (Lipinski definition) is 5. The second kappa shape index (κ2) is 21.1. The van der Waals surface area contributed by atoms with Gasteiger partial charge in [-0.15, -0.1) is 11.3 Å². The third-order valence-corrected chi connectivity index (χ3v) is 9.01. The van der Waals surface area contributed by atoms with Gasteiger partial charge in [0.15, 0.2) is 0 Å². The molecule has 0 unspecified atom stereocenters. The van der Waals surface area contributed by atoms with Crippen molar-refractivity contribution >= 4 is 41.1 Å². The lowest BCUT2D eigenvalue weighted by Crippen LogP contribution is -2.58. The number of rotatable bonds is 19. The molecule has 300 valence electrons. The number of aliphatic hydroxyl groups is 1. The molecule has 1 fully saturated rings. The number of aryl methyl sites for hydroxylation is 1. The number of hydrogen-bond acceptors (Lipinski definition) is 12. The molecule has 0 aliphatic carbocycles. The number of likely N-dealkylation sites (tertiary alicyclic amines) is 1. The Morgan fingerprint density at radius 2 is 1.52 bits per heavy atom. The number of nitrogens with zero attached hydrogens (tertiary/aromatic N) is 2. The summed E-state index contributed by atoms with van der Waals surface area (Å²) in [5.41, 5.74) is 3.37. The van der Waals surface area contributed by atoms with Crippen LogP contribution in [0.25, 0.3) is 10.4 Å². The van der Waals surface area contributed by atoms with E-state index in [9.17, 15) is 29.1 Å². The number of benzene rings is 1. The number of carbonyl (C=O) groups excluding carboxylic acids is 5. The highest BCUT2D eigenvalue weighted by atomic mass is 32.1. The largest absolute Gasteiger partial charge is 0.444 e. The van der Waals surface area contributed by atoms with Crippen molar-refractivity contribution in [3.8, 4) is 10.4 Å². The number of ether oxygens (including phenoxy) is 4. The number of amides is 5. The highest BCUT2D eigenvalue weighted by Crippen LogP contribution is 2.28. The molecular weight excluding hydrogens is 721 g/mol. The molecule has 0 spiro atoms. The Labute approximate surface area is 321 Å². The predicted molar refractivity (Wildman–Crippen MR) is 201 cm³/mol. The molecule has 16 nitrogen and oxygen atoms in total. The van der Waals surface area contributed by atoms with Gasteiger partial charge in [-0.05, 0) is 44.2 Å². The van der Waals surface area contributed by atoms with Crippen LogP contribution >= 0.6 is 11.3 Å². The number of aliphatic hydroxyl groups excluding tert-OH is 1. The first-order valence-electron chi connectivity index (χ1n) is 18.0. The van der Waals surface area contributed by atoms with Gasteiger partial charge in [-0.2, -0.15) is 0 Å². The highest BCUT2D eigenvalue weighted by Gasteiger charge is 2.44. The second-order valence-electron chi connectivity index (χ2n) is 14.9. The van der Waals surface area contributed by atoms with E-state index in [-0.39, 0.29) is 84.1 Å². The van der Waals surface area contributed by atoms with Crippen LogP contribution in [0, 0.1) is 12.3 Å². The van der Waals surface area contributed by atoms with Crippen LogP contribution < -0.4 is 21.3 Å². The van der Waals surface area contributed by atoms with Crippen LogP contribution in [0.1, 0.15) is 59.2 Å². The molecule has 0 saturated carbocycles. The van der Waals surface area contributed by atoms with E-state index in [4.69, 9.17) is 18.9 Å². The molecule has 0 radical (unpaired) electrons. The molecule has 5 N–H and O–H groups in total. The van der Waals surface area contributed by atoms with E-state index in [1.165, 1.54) is 4.90 Å². The maximum atomic E-state index is 13.8. The molecule has 2 heterocycles. The first-order chi connectivity index (χ1) is 25.4. The fourth-order valence-electron chi connectivity index (χ4n) is 5.39. The van der Waals surface area contributed by atoms with Gasteiger partial charge in [0.1, 0.15) is 30.9 Å². The maximum absolute atomic E-state index is 13.8. The van der Waals surface area contributed by atoms with Gasteiger partial charge in [-0.25, -0.2) is 9.78 Å². The van der Waals surface area contributed by atoms with Gasteiger partial charge < -0.3 is 50.2 Å². The Kier molecular flexibility index (Phi) is 17.3. The number of carbonyl (C=O) groups is 5. The zero-order valence-electron chi connectivity index (χ0n) is 32.3. The summed E-state index contributed by atoms with van der Waals surface area (Å²) in [6.45, 7) is 13.4. The van der Waals surface area contributed by atoms with Crippen LogP contribution in [0.15, 0.2) is 29.8 Å². The highest BCUT2D eigenvalue weighted by molar-refractivity contribution is 7.13. The Morgan fingerprint density at radius 1 is 0.889 bits per heavy atom. The predicted octanol–water partition coefficient (Wildman–Crippen LogP) is 1.92. The normalized spacial score (nSPS) is 16.4. The van der Waals surface area contributed by atoms with Gasteiger partial charge >= 0.3 is 6.09 Å². The lowest BCUT2D eigenvalue weighted by atomic mass is 9.85. The van der Waals surface area contributed by atoms with Crippen molar-refractivity contribution in [3.05, 3.63) is 41.0 Å². The standard InChI is InChI=1S/C37H56N6O10S/c1-24-31(54-23-41-24)26-10-8-25(9-11-26)19-40-33(47)28-18-27(44)20-43(28)34(48)32(36(2,3)4)42-30(46)22-52-17-16-50-14-12-38-29(45)21-51-15-13-39-35(49)53-37(5,6)7/h8-11,23,27-28,32,44H,12-22H2,1-7H3,(H,38,45)(H,39,49)(H,40,47)(H,42,46)/t27-,28+,32-/m1/s1. The topological polar surface area (TPSA) is 207 Å². The van der Waals surface area contributed by atoms with Crippen LogP contribution in [0.4, 0.5) is 4.79 Å². The van der Waals surface area contributed by atoms with Crippen molar-refractivity contribution in [2.75, 3.05) is 59.3 Å². The molecular formula is C37H56N6O10S. The minimum Gasteiger partial charge on any atom is -0.444 e. The van der Waals surface area contributed by atoms with Crippen molar-refractivity contribution in [2.45, 2.75) is 85.2 Å². The Hall–Kier alpha value is -4.16. The minimum absolute atomic E-state index is 0.0308. The van der Waals surface area contributed by atoms with Crippen LogP contribution in [0.5, 0.6) is 0 Å². The monoisotopic (exact) mass is 776 g/mol. The summed E-state index contributed by atoms with van der Waals surface area (Å²) in [6.07, 6.45) is -1.36. The van der Waals surface area contributed by atoms with Gasteiger partial charge in [-0.1, -0.05) is 45.0 Å². The van der Waals surface area contributed by atoms with Gasteiger partial charge in [-0.3, -0.25) is 19.2 Å². The van der Waals surface area contributed by atoms with Crippen molar-refractivity contribution in [1.82, 2.24) is 31.2 Å². The molecule has 5 amide bonds. The maximum Gasteiger partial charge on any atom is 0.407 e. The average Bonchev–Trinajstić information content (AvgIpc) is 3.70. The van der Waals surface area contributed by atoms with Crippen molar-refractivity contribution in [1.29, 1.82) is 0 Å². The van der Waals surface area contributed by atoms with E-state index in [1.807, 2.05) is 31.2 Å². The van der Waals surface area contributed by atoms with Crippen molar-refractivity contribution in [2.24, 2.45) is 5.41 Å². The van der Waals surface area contributed by atoms with Gasteiger partial charge in [0.2, 0.25) is 23.6 Å². The molecule has 1 aliphatic heterocycles. The molecule has 17 heteroatoms. The summed E-state index contributed by atoms with van der Waals surface area (Å²) < 4.78 is 21.2. The lowest BCUT2D eigenvalue weighted by molar-refractivity contribution is -0.144. The summed E-state index contributed by atoms with van der Waals surface area (Å²) in [5.74, 6) is -1.71. The summed E-state index contributed by atoms with van der Waals surface area (Å²) in [5, 5.41) is 21.3.